The third-order valence-electron chi connectivity index (χ3n) is 1.13. The van der Waals surface area contributed by atoms with Gasteiger partial charge in [-0.25, -0.2) is 0 Å². The van der Waals surface area contributed by atoms with Gasteiger partial charge in [0.1, 0.15) is 0 Å². The van der Waals surface area contributed by atoms with Crippen molar-refractivity contribution in [2.45, 2.75) is 0 Å². The van der Waals surface area contributed by atoms with Crippen molar-refractivity contribution in [2.75, 3.05) is 0 Å². The molecule has 2 aliphatic heterocycles. The van der Waals surface area contributed by atoms with E-state index in [1.165, 1.54) is 6.19 Å². The SMILES string of the molecule is N#CN.OB1OB2OB(O)OB(O1)O2.[CaH2].[NaH]. The molecule has 2 rings (SSSR count). The van der Waals surface area contributed by atoms with E-state index in [-0.39, 0.29) is 67.3 Å². The zero-order chi connectivity index (χ0) is 10.6. The first-order valence-electron chi connectivity index (χ1n) is 3.39. The van der Waals surface area contributed by atoms with Crippen molar-refractivity contribution in [3.8, 4) is 6.19 Å². The summed E-state index contributed by atoms with van der Waals surface area (Å²) in [4.78, 5) is 0. The van der Waals surface area contributed by atoms with Crippen molar-refractivity contribution in [2.24, 2.45) is 5.73 Å². The first-order valence-corrected chi connectivity index (χ1v) is 3.39. The van der Waals surface area contributed by atoms with E-state index in [0.717, 1.165) is 0 Å². The predicted molar refractivity (Wildman–Crippen MR) is 58.4 cm³/mol. The van der Waals surface area contributed by atoms with Crippen LogP contribution in [0.3, 0.4) is 0 Å². The Kier molecular flexibility index (Phi) is 13.0. The van der Waals surface area contributed by atoms with Gasteiger partial charge in [-0.2, -0.15) is 5.26 Å². The van der Waals surface area contributed by atoms with Crippen molar-refractivity contribution < 1.29 is 32.9 Å². The van der Waals surface area contributed by atoms with Gasteiger partial charge in [-0.05, 0) is 0 Å². The second kappa shape index (κ2) is 10.5. The fraction of sp³-hybridized carbons (Fsp3) is 0. The molecule has 4 N–H and O–H groups in total. The molecule has 2 fully saturated rings. The Bertz CT molecular complexity index is 199. The molecule has 16 heavy (non-hydrogen) atoms. The maximum atomic E-state index is 8.74. The summed E-state index contributed by atoms with van der Waals surface area (Å²) in [6.45, 7) is 0. The molecule has 2 saturated heterocycles. The minimum absolute atomic E-state index is 0. The molecule has 0 aromatic carbocycles. The maximum absolute atomic E-state index is 8.74. The average Bonchev–Trinajstić information content (AvgIpc) is 2.01. The number of rotatable bonds is 0. The van der Waals surface area contributed by atoms with Gasteiger partial charge >= 0.3 is 96.6 Å². The number of hydrogen-bond acceptors (Lipinski definition) is 9. The third-order valence-corrected chi connectivity index (χ3v) is 1.13. The summed E-state index contributed by atoms with van der Waals surface area (Å²) in [6.07, 6.45) is 1.25. The molecule has 2 heterocycles. The molecule has 15 heteroatoms. The molecule has 0 aliphatic carbocycles. The fourth-order valence-corrected chi connectivity index (χ4v) is 0.728. The van der Waals surface area contributed by atoms with Crippen molar-refractivity contribution in [1.82, 2.24) is 0 Å². The van der Waals surface area contributed by atoms with Crippen LogP contribution in [0, 0.1) is 11.5 Å². The van der Waals surface area contributed by atoms with E-state index in [9.17, 15) is 0 Å². The second-order valence-corrected chi connectivity index (χ2v) is 2.00. The summed E-state index contributed by atoms with van der Waals surface area (Å²) in [6, 6.07) is 0. The molecule has 0 amide bonds. The Hall–Kier alpha value is 1.53. The van der Waals surface area contributed by atoms with Crippen molar-refractivity contribution in [1.29, 1.82) is 5.26 Å². The summed E-state index contributed by atoms with van der Waals surface area (Å²) in [5, 5.41) is 24.6. The zero-order valence-corrected chi connectivity index (χ0v) is 6.77. The Balaban J connectivity index is 0. The van der Waals surface area contributed by atoms with Crippen molar-refractivity contribution >= 4 is 96.6 Å². The van der Waals surface area contributed by atoms with Crippen LogP contribution >= 0.6 is 0 Å². The normalized spacial score (nSPS) is 17.3. The molecule has 0 atom stereocenters. The summed E-state index contributed by atoms with van der Waals surface area (Å²) in [5.41, 5.74) is 4.15. The van der Waals surface area contributed by atoms with Crippen LogP contribution in [0.2, 0.25) is 0 Å². The van der Waals surface area contributed by atoms with Gasteiger partial charge < -0.3 is 38.6 Å². The van der Waals surface area contributed by atoms with Crippen LogP contribution in [-0.4, -0.2) is 107 Å². The van der Waals surface area contributed by atoms with Gasteiger partial charge in [-0.15, -0.1) is 0 Å². The predicted octanol–water partition coefficient (Wildman–Crippen LogP) is -5.12. The van der Waals surface area contributed by atoms with Gasteiger partial charge in [0.15, 0.2) is 6.19 Å². The Morgan fingerprint density at radius 3 is 1.44 bits per heavy atom. The second-order valence-electron chi connectivity index (χ2n) is 2.00. The first-order chi connectivity index (χ1) is 6.65. The monoisotopic (exact) mass is 266 g/mol. The number of nitrogens with two attached hydrogens (primary N) is 1. The van der Waals surface area contributed by atoms with Crippen LogP contribution in [0.25, 0.3) is 0 Å². The van der Waals surface area contributed by atoms with Gasteiger partial charge in [-0.1, -0.05) is 0 Å². The Morgan fingerprint density at radius 2 is 1.19 bits per heavy atom. The molecule has 0 saturated carbocycles. The quantitative estimate of drug-likeness (QED) is 0.223. The molecule has 0 radical (unpaired) electrons. The molecular formula is CH7B4CaN2NaO7. The summed E-state index contributed by atoms with van der Waals surface area (Å²) in [7, 11) is -5.20. The van der Waals surface area contributed by atoms with E-state index in [4.69, 9.17) is 15.3 Å². The molecule has 2 aliphatic rings. The van der Waals surface area contributed by atoms with Gasteiger partial charge in [0, 0.05) is 0 Å². The van der Waals surface area contributed by atoms with Crippen LogP contribution in [0.15, 0.2) is 0 Å². The van der Waals surface area contributed by atoms with Gasteiger partial charge in [0.05, 0.1) is 0 Å². The van der Waals surface area contributed by atoms with Gasteiger partial charge in [0.25, 0.3) is 0 Å². The molecule has 2 bridgehead atoms. The molecule has 78 valence electrons. The van der Waals surface area contributed by atoms with Crippen molar-refractivity contribution in [3.63, 3.8) is 0 Å². The van der Waals surface area contributed by atoms with E-state index >= 15 is 0 Å². The Morgan fingerprint density at radius 1 is 0.938 bits per heavy atom. The van der Waals surface area contributed by atoms with E-state index < -0.39 is 29.3 Å². The summed E-state index contributed by atoms with van der Waals surface area (Å²) < 4.78 is 22.6. The van der Waals surface area contributed by atoms with E-state index in [1.807, 2.05) is 0 Å². The molecule has 0 spiro atoms. The molecule has 0 aromatic rings. The number of fused-ring (bicyclic) bond motifs is 2. The number of nitrogens with zero attached hydrogens (tertiary/aromatic N) is 1. The van der Waals surface area contributed by atoms with Gasteiger partial charge in [-0.3, -0.25) is 0 Å². The third kappa shape index (κ3) is 7.07. The Labute approximate surface area is 145 Å². The van der Waals surface area contributed by atoms with Crippen LogP contribution in [0.1, 0.15) is 0 Å². The summed E-state index contributed by atoms with van der Waals surface area (Å²) in [5.74, 6) is 0. The first kappa shape index (κ1) is 19.9. The molecule has 9 nitrogen and oxygen atoms in total. The number of nitriles is 1. The zero-order valence-electron chi connectivity index (χ0n) is 6.77. The molecular weight excluding hydrogens is 258 g/mol. The van der Waals surface area contributed by atoms with Crippen LogP contribution in [0.4, 0.5) is 0 Å². The standard InChI is InChI=1S/CH2N2.B4H2O7.Ca.Na.3H/c2-1-3;5-1-7-3-9-2(6)10-4(8-1)11-3;;;;;/h2H2;5-6H;;;;;. The van der Waals surface area contributed by atoms with Gasteiger partial charge in [0.2, 0.25) is 0 Å². The van der Waals surface area contributed by atoms with E-state index in [0.29, 0.717) is 0 Å². The number of hydrogen-bond donors (Lipinski definition) is 3. The average molecular weight is 265 g/mol. The van der Waals surface area contributed by atoms with Crippen LogP contribution in [0.5, 0.6) is 0 Å². The topological polar surface area (TPSA) is 136 Å². The minimum atomic E-state index is -1.45. The molecule has 0 aromatic heterocycles. The van der Waals surface area contributed by atoms with Crippen LogP contribution in [-0.2, 0) is 22.9 Å². The molecule has 0 unspecified atom stereocenters. The fourth-order valence-electron chi connectivity index (χ4n) is 0.728. The van der Waals surface area contributed by atoms with E-state index in [1.54, 1.807) is 0 Å². The van der Waals surface area contributed by atoms with Crippen molar-refractivity contribution in [3.05, 3.63) is 0 Å². The van der Waals surface area contributed by atoms with Crippen LogP contribution < -0.4 is 5.73 Å². The van der Waals surface area contributed by atoms with E-state index in [2.05, 4.69) is 28.6 Å². The summed E-state index contributed by atoms with van der Waals surface area (Å²) >= 11 is 0.